The number of carbonyl (C=O) groups is 2. The summed E-state index contributed by atoms with van der Waals surface area (Å²) in [6.45, 7) is 0. The number of carboxylic acids is 1. The third-order valence-electron chi connectivity index (χ3n) is 4.96. The van der Waals surface area contributed by atoms with Gasteiger partial charge < -0.3 is 15.4 Å². The maximum Gasteiger partial charge on any atom is 0.326 e. The van der Waals surface area contributed by atoms with E-state index in [4.69, 9.17) is 0 Å². The lowest BCUT2D eigenvalue weighted by atomic mass is 10.0. The monoisotopic (exact) mass is 384 g/mol. The Hall–Kier alpha value is -3.86. The molecule has 0 aliphatic heterocycles. The van der Waals surface area contributed by atoms with Gasteiger partial charge in [-0.2, -0.15) is 0 Å². The molecule has 0 saturated carbocycles. The number of nitrogens with one attached hydrogen (secondary N) is 2. The fourth-order valence-corrected chi connectivity index (χ4v) is 3.41. The summed E-state index contributed by atoms with van der Waals surface area (Å²) >= 11 is 0. The van der Waals surface area contributed by atoms with Crippen molar-refractivity contribution in [2.24, 2.45) is 0 Å². The van der Waals surface area contributed by atoms with Crippen LogP contribution in [0.5, 0.6) is 0 Å². The van der Waals surface area contributed by atoms with Gasteiger partial charge in [-0.05, 0) is 34.9 Å². The second-order valence-electron chi connectivity index (χ2n) is 6.87. The van der Waals surface area contributed by atoms with Crippen molar-refractivity contribution in [3.05, 3.63) is 96.2 Å². The van der Waals surface area contributed by atoms with Crippen LogP contribution in [0.2, 0.25) is 0 Å². The van der Waals surface area contributed by atoms with Crippen molar-refractivity contribution >= 4 is 22.8 Å². The average Bonchev–Trinajstić information content (AvgIpc) is 3.17. The molecule has 0 spiro atoms. The summed E-state index contributed by atoms with van der Waals surface area (Å²) < 4.78 is 0. The minimum absolute atomic E-state index is 0.202. The number of amides is 1. The molecule has 0 saturated heterocycles. The van der Waals surface area contributed by atoms with Crippen molar-refractivity contribution in [1.82, 2.24) is 10.3 Å². The van der Waals surface area contributed by atoms with E-state index in [0.717, 1.165) is 27.6 Å². The Kier molecular flexibility index (Phi) is 5.12. The standard InChI is InChI=1S/C24H20N2O3/c27-23(18-12-10-17(11-13-18)16-6-2-1-3-7-16)26-22(24(28)29)14-19-15-25-21-9-5-4-8-20(19)21/h1-13,15,22,25H,14H2,(H,26,27)(H,28,29)/t22-/m1/s1. The maximum atomic E-state index is 12.6. The smallest absolute Gasteiger partial charge is 0.326 e. The van der Waals surface area contributed by atoms with Gasteiger partial charge in [-0.15, -0.1) is 0 Å². The zero-order valence-electron chi connectivity index (χ0n) is 15.6. The lowest BCUT2D eigenvalue weighted by Gasteiger charge is -2.14. The summed E-state index contributed by atoms with van der Waals surface area (Å²) in [5.41, 5.74) is 4.27. The van der Waals surface area contributed by atoms with Gasteiger partial charge in [-0.1, -0.05) is 60.7 Å². The number of carbonyl (C=O) groups excluding carboxylic acids is 1. The molecule has 5 heteroatoms. The number of para-hydroxylation sites is 1. The number of aromatic nitrogens is 1. The second-order valence-corrected chi connectivity index (χ2v) is 6.87. The van der Waals surface area contributed by atoms with Crippen LogP contribution in [0, 0.1) is 0 Å². The van der Waals surface area contributed by atoms with Crippen LogP contribution in [0.25, 0.3) is 22.0 Å². The minimum Gasteiger partial charge on any atom is -0.480 e. The molecule has 144 valence electrons. The van der Waals surface area contributed by atoms with Gasteiger partial charge in [0, 0.05) is 29.1 Å². The summed E-state index contributed by atoms with van der Waals surface area (Å²) in [6, 6.07) is 23.7. The van der Waals surface area contributed by atoms with Gasteiger partial charge >= 0.3 is 5.97 Å². The van der Waals surface area contributed by atoms with E-state index in [9.17, 15) is 14.7 Å². The first-order chi connectivity index (χ1) is 14.1. The molecular weight excluding hydrogens is 364 g/mol. The SMILES string of the molecule is O=C(N[C@H](Cc1c[nH]c2ccccc12)C(=O)O)c1ccc(-c2ccccc2)cc1. The van der Waals surface area contributed by atoms with Crippen molar-refractivity contribution in [2.45, 2.75) is 12.5 Å². The highest BCUT2D eigenvalue weighted by Crippen LogP contribution is 2.21. The van der Waals surface area contributed by atoms with Crippen LogP contribution in [0.1, 0.15) is 15.9 Å². The number of carboxylic acid groups (broad SMARTS) is 1. The third-order valence-corrected chi connectivity index (χ3v) is 4.96. The van der Waals surface area contributed by atoms with Crippen molar-refractivity contribution in [2.75, 3.05) is 0 Å². The van der Waals surface area contributed by atoms with Gasteiger partial charge in [0.1, 0.15) is 6.04 Å². The molecule has 0 unspecified atom stereocenters. The van der Waals surface area contributed by atoms with Gasteiger partial charge in [-0.3, -0.25) is 4.79 Å². The van der Waals surface area contributed by atoms with E-state index >= 15 is 0 Å². The first-order valence-corrected chi connectivity index (χ1v) is 9.36. The van der Waals surface area contributed by atoms with E-state index < -0.39 is 17.9 Å². The lowest BCUT2D eigenvalue weighted by Crippen LogP contribution is -2.42. The van der Waals surface area contributed by atoms with E-state index in [1.165, 1.54) is 0 Å². The van der Waals surface area contributed by atoms with Crippen LogP contribution in [-0.2, 0) is 11.2 Å². The zero-order chi connectivity index (χ0) is 20.2. The number of hydrogen-bond donors (Lipinski definition) is 3. The zero-order valence-corrected chi connectivity index (χ0v) is 15.6. The summed E-state index contributed by atoms with van der Waals surface area (Å²) in [5, 5.41) is 13.2. The number of hydrogen-bond acceptors (Lipinski definition) is 2. The maximum absolute atomic E-state index is 12.6. The molecule has 1 aromatic heterocycles. The highest BCUT2D eigenvalue weighted by molar-refractivity contribution is 5.97. The Labute approximate surface area is 168 Å². The average molecular weight is 384 g/mol. The Bertz CT molecular complexity index is 1150. The molecule has 1 amide bonds. The lowest BCUT2D eigenvalue weighted by molar-refractivity contribution is -0.139. The Balaban J connectivity index is 1.49. The molecule has 29 heavy (non-hydrogen) atoms. The van der Waals surface area contributed by atoms with Crippen LogP contribution in [0.15, 0.2) is 85.1 Å². The summed E-state index contributed by atoms with van der Waals surface area (Å²) in [5.74, 6) is -1.47. The number of aliphatic carboxylic acids is 1. The van der Waals surface area contributed by atoms with Crippen LogP contribution in [0.4, 0.5) is 0 Å². The number of H-pyrrole nitrogens is 1. The molecule has 1 atom stereocenters. The summed E-state index contributed by atoms with van der Waals surface area (Å²) in [4.78, 5) is 27.5. The predicted molar refractivity (Wildman–Crippen MR) is 113 cm³/mol. The van der Waals surface area contributed by atoms with E-state index in [0.29, 0.717) is 5.56 Å². The molecule has 4 aromatic rings. The molecular formula is C24H20N2O3. The highest BCUT2D eigenvalue weighted by Gasteiger charge is 2.22. The Morgan fingerprint density at radius 2 is 1.52 bits per heavy atom. The van der Waals surface area contributed by atoms with Gasteiger partial charge in [0.2, 0.25) is 0 Å². The molecule has 1 heterocycles. The van der Waals surface area contributed by atoms with Crippen molar-refractivity contribution in [3.63, 3.8) is 0 Å². The molecule has 0 aliphatic carbocycles. The molecule has 0 aliphatic rings. The van der Waals surface area contributed by atoms with Crippen molar-refractivity contribution in [3.8, 4) is 11.1 Å². The van der Waals surface area contributed by atoms with E-state index in [1.807, 2.05) is 66.7 Å². The fraction of sp³-hybridized carbons (Fsp3) is 0.0833. The topological polar surface area (TPSA) is 82.2 Å². The summed E-state index contributed by atoms with van der Waals surface area (Å²) in [6.07, 6.45) is 1.99. The van der Waals surface area contributed by atoms with Crippen LogP contribution < -0.4 is 5.32 Å². The molecule has 0 bridgehead atoms. The molecule has 4 rings (SSSR count). The number of aromatic amines is 1. The Morgan fingerprint density at radius 1 is 0.862 bits per heavy atom. The normalized spacial score (nSPS) is 11.9. The minimum atomic E-state index is -1.07. The Morgan fingerprint density at radius 3 is 2.24 bits per heavy atom. The second kappa shape index (κ2) is 8.02. The van der Waals surface area contributed by atoms with Crippen molar-refractivity contribution < 1.29 is 14.7 Å². The van der Waals surface area contributed by atoms with Crippen LogP contribution >= 0.6 is 0 Å². The van der Waals surface area contributed by atoms with Gasteiger partial charge in [0.05, 0.1) is 0 Å². The van der Waals surface area contributed by atoms with Crippen molar-refractivity contribution in [1.29, 1.82) is 0 Å². The predicted octanol–water partition coefficient (Wildman–Crippen LogP) is 4.26. The van der Waals surface area contributed by atoms with Gasteiger partial charge in [-0.25, -0.2) is 4.79 Å². The molecule has 0 fully saturated rings. The molecule has 5 nitrogen and oxygen atoms in total. The first kappa shape index (κ1) is 18.5. The van der Waals surface area contributed by atoms with E-state index in [-0.39, 0.29) is 6.42 Å². The molecule has 3 aromatic carbocycles. The quantitative estimate of drug-likeness (QED) is 0.464. The van der Waals surface area contributed by atoms with Gasteiger partial charge in [0.25, 0.3) is 5.91 Å². The number of rotatable bonds is 6. The van der Waals surface area contributed by atoms with Crippen LogP contribution in [0.3, 0.4) is 0 Å². The van der Waals surface area contributed by atoms with E-state index in [1.54, 1.807) is 18.3 Å². The summed E-state index contributed by atoms with van der Waals surface area (Å²) in [7, 11) is 0. The number of fused-ring (bicyclic) bond motifs is 1. The highest BCUT2D eigenvalue weighted by atomic mass is 16.4. The molecule has 0 radical (unpaired) electrons. The van der Waals surface area contributed by atoms with Crippen LogP contribution in [-0.4, -0.2) is 28.0 Å². The number of benzene rings is 3. The van der Waals surface area contributed by atoms with E-state index in [2.05, 4.69) is 10.3 Å². The fourth-order valence-electron chi connectivity index (χ4n) is 3.41. The third kappa shape index (κ3) is 4.04. The van der Waals surface area contributed by atoms with Gasteiger partial charge in [0.15, 0.2) is 0 Å². The largest absolute Gasteiger partial charge is 0.480 e. The first-order valence-electron chi connectivity index (χ1n) is 9.36. The molecule has 3 N–H and O–H groups in total.